The zero-order valence-corrected chi connectivity index (χ0v) is 9.80. The Morgan fingerprint density at radius 3 is 2.56 bits per heavy atom. The minimum atomic E-state index is 0.0339. The second-order valence-electron chi connectivity index (χ2n) is 3.61. The van der Waals surface area contributed by atoms with Gasteiger partial charge in [0.25, 0.3) is 0 Å². The molecule has 4 N–H and O–H groups in total. The molecule has 0 saturated heterocycles. The summed E-state index contributed by atoms with van der Waals surface area (Å²) in [7, 11) is 0. The van der Waals surface area contributed by atoms with Crippen LogP contribution in [-0.2, 0) is 0 Å². The third-order valence-corrected chi connectivity index (χ3v) is 2.34. The maximum absolute atomic E-state index is 8.81. The molecule has 2 rings (SSSR count). The molecule has 2 aromatic heterocycles. The van der Waals surface area contributed by atoms with E-state index in [4.69, 9.17) is 10.2 Å². The Bertz CT molecular complexity index is 520. The lowest BCUT2D eigenvalue weighted by atomic mass is 10.2. The van der Waals surface area contributed by atoms with Gasteiger partial charge in [-0.3, -0.25) is 0 Å². The van der Waals surface area contributed by atoms with Crippen molar-refractivity contribution in [3.8, 4) is 0 Å². The average Bonchev–Trinajstić information content (AvgIpc) is 2.42. The maximum atomic E-state index is 8.81. The number of nitrogens with zero attached hydrogens (tertiary/aromatic N) is 3. The summed E-state index contributed by atoms with van der Waals surface area (Å²) in [6, 6.07) is 1.81. The number of aliphatic hydroxyl groups is 2. The molecular formula is C11H15N5O2. The first kappa shape index (κ1) is 12.5. The highest BCUT2D eigenvalue weighted by molar-refractivity contribution is 5.90. The summed E-state index contributed by atoms with van der Waals surface area (Å²) in [6.07, 6.45) is 3.09. The number of nitrogens with one attached hydrogen (secondary N) is 2. The number of aromatic nitrogens is 3. The highest BCUT2D eigenvalue weighted by Crippen LogP contribution is 2.20. The highest BCUT2D eigenvalue weighted by atomic mass is 16.3. The normalized spacial score (nSPS) is 10.6. The van der Waals surface area contributed by atoms with E-state index in [9.17, 15) is 0 Å². The van der Waals surface area contributed by atoms with Crippen molar-refractivity contribution >= 4 is 22.5 Å². The summed E-state index contributed by atoms with van der Waals surface area (Å²) in [4.78, 5) is 12.4. The quantitative estimate of drug-likeness (QED) is 0.563. The summed E-state index contributed by atoms with van der Waals surface area (Å²) in [6.45, 7) is 0.937. The van der Waals surface area contributed by atoms with Crippen molar-refractivity contribution in [2.45, 2.75) is 0 Å². The van der Waals surface area contributed by atoms with Gasteiger partial charge in [-0.15, -0.1) is 0 Å². The van der Waals surface area contributed by atoms with E-state index in [0.717, 1.165) is 10.9 Å². The van der Waals surface area contributed by atoms with E-state index in [1.54, 1.807) is 6.20 Å². The molecule has 0 aliphatic carbocycles. The molecule has 2 heterocycles. The summed E-state index contributed by atoms with van der Waals surface area (Å²) in [5, 5.41) is 24.4. The first-order valence-electron chi connectivity index (χ1n) is 5.65. The van der Waals surface area contributed by atoms with E-state index in [-0.39, 0.29) is 13.2 Å². The van der Waals surface area contributed by atoms with Crippen LogP contribution in [-0.4, -0.2) is 51.5 Å². The first-order chi connectivity index (χ1) is 8.85. The topological polar surface area (TPSA) is 103 Å². The van der Waals surface area contributed by atoms with Crippen molar-refractivity contribution < 1.29 is 10.2 Å². The van der Waals surface area contributed by atoms with E-state index >= 15 is 0 Å². The Morgan fingerprint density at radius 2 is 1.78 bits per heavy atom. The number of fused-ring (bicyclic) bond motifs is 1. The van der Waals surface area contributed by atoms with Crippen molar-refractivity contribution in [3.63, 3.8) is 0 Å². The van der Waals surface area contributed by atoms with Gasteiger partial charge in [-0.05, 0) is 6.07 Å². The molecule has 2 aromatic rings. The Balaban J connectivity index is 2.32. The molecule has 0 atom stereocenters. The zero-order chi connectivity index (χ0) is 12.8. The van der Waals surface area contributed by atoms with E-state index < -0.39 is 0 Å². The third-order valence-electron chi connectivity index (χ3n) is 2.34. The molecule has 0 spiro atoms. The minimum Gasteiger partial charge on any atom is -0.395 e. The van der Waals surface area contributed by atoms with Gasteiger partial charge in [0, 0.05) is 18.5 Å². The first-order valence-corrected chi connectivity index (χ1v) is 5.65. The molecule has 7 nitrogen and oxygen atoms in total. The van der Waals surface area contributed by atoms with Crippen LogP contribution in [0.15, 0.2) is 18.6 Å². The molecular weight excluding hydrogens is 234 g/mol. The van der Waals surface area contributed by atoms with Crippen LogP contribution >= 0.6 is 0 Å². The smallest absolute Gasteiger partial charge is 0.137 e. The number of hydrogen-bond donors (Lipinski definition) is 4. The fourth-order valence-corrected chi connectivity index (χ4v) is 1.55. The fourth-order valence-electron chi connectivity index (χ4n) is 1.55. The molecule has 0 aromatic carbocycles. The van der Waals surface area contributed by atoms with Crippen molar-refractivity contribution in [2.75, 3.05) is 36.9 Å². The van der Waals surface area contributed by atoms with Gasteiger partial charge in [0.2, 0.25) is 0 Å². The van der Waals surface area contributed by atoms with Crippen LogP contribution < -0.4 is 10.6 Å². The third kappa shape index (κ3) is 2.82. The van der Waals surface area contributed by atoms with Crippen molar-refractivity contribution in [3.05, 3.63) is 18.6 Å². The SMILES string of the molecule is OCCNc1cc2c(NCCO)ncnc2cn1. The summed E-state index contributed by atoms with van der Waals surface area (Å²) in [5.74, 6) is 1.31. The Morgan fingerprint density at radius 1 is 1.00 bits per heavy atom. The maximum Gasteiger partial charge on any atom is 0.137 e. The Labute approximate surface area is 104 Å². The van der Waals surface area contributed by atoms with Crippen LogP contribution in [0.4, 0.5) is 11.6 Å². The second-order valence-corrected chi connectivity index (χ2v) is 3.61. The van der Waals surface area contributed by atoms with Crippen LogP contribution in [0, 0.1) is 0 Å². The molecule has 0 aliphatic rings. The van der Waals surface area contributed by atoms with E-state index in [1.165, 1.54) is 6.33 Å². The van der Waals surface area contributed by atoms with Crippen LogP contribution in [0.3, 0.4) is 0 Å². The standard InChI is InChI=1S/C11H15N5O2/c17-3-1-12-10-5-8-9(6-14-10)15-7-16-11(8)13-2-4-18/h5-7,17-18H,1-4H2,(H,12,14)(H,13,15,16). The summed E-state index contributed by atoms with van der Waals surface area (Å²) in [5.41, 5.74) is 0.722. The molecule has 0 saturated carbocycles. The summed E-state index contributed by atoms with van der Waals surface area (Å²) >= 11 is 0. The van der Waals surface area contributed by atoms with Crippen LogP contribution in [0.1, 0.15) is 0 Å². The number of pyridine rings is 1. The van der Waals surface area contributed by atoms with Crippen molar-refractivity contribution in [1.82, 2.24) is 15.0 Å². The van der Waals surface area contributed by atoms with Crippen LogP contribution in [0.25, 0.3) is 10.9 Å². The van der Waals surface area contributed by atoms with Crippen LogP contribution in [0.5, 0.6) is 0 Å². The lowest BCUT2D eigenvalue weighted by molar-refractivity contribution is 0.310. The van der Waals surface area contributed by atoms with E-state index in [2.05, 4.69) is 25.6 Å². The number of aliphatic hydroxyl groups excluding tert-OH is 2. The molecule has 0 aliphatic heterocycles. The highest BCUT2D eigenvalue weighted by Gasteiger charge is 2.05. The molecule has 0 amide bonds. The zero-order valence-electron chi connectivity index (χ0n) is 9.80. The molecule has 0 radical (unpaired) electrons. The fraction of sp³-hybridized carbons (Fsp3) is 0.364. The molecule has 96 valence electrons. The predicted molar refractivity (Wildman–Crippen MR) is 68.5 cm³/mol. The van der Waals surface area contributed by atoms with Gasteiger partial charge in [-0.2, -0.15) is 0 Å². The Kier molecular flexibility index (Phi) is 4.21. The molecule has 0 bridgehead atoms. The Hall–Kier alpha value is -1.99. The predicted octanol–water partition coefficient (Wildman–Crippen LogP) is -0.167. The van der Waals surface area contributed by atoms with Crippen molar-refractivity contribution in [1.29, 1.82) is 0 Å². The molecule has 0 unspecified atom stereocenters. The number of rotatable bonds is 6. The largest absolute Gasteiger partial charge is 0.395 e. The van der Waals surface area contributed by atoms with E-state index in [1.807, 2.05) is 6.07 Å². The van der Waals surface area contributed by atoms with Crippen LogP contribution in [0.2, 0.25) is 0 Å². The summed E-state index contributed by atoms with van der Waals surface area (Å²) < 4.78 is 0. The van der Waals surface area contributed by atoms with Gasteiger partial charge >= 0.3 is 0 Å². The second kappa shape index (κ2) is 6.08. The molecule has 18 heavy (non-hydrogen) atoms. The minimum absolute atomic E-state index is 0.0339. The number of hydrogen-bond acceptors (Lipinski definition) is 7. The average molecular weight is 249 g/mol. The van der Waals surface area contributed by atoms with Crippen molar-refractivity contribution in [2.24, 2.45) is 0 Å². The molecule has 0 fully saturated rings. The van der Waals surface area contributed by atoms with Gasteiger partial charge in [0.15, 0.2) is 0 Å². The van der Waals surface area contributed by atoms with Gasteiger partial charge in [-0.1, -0.05) is 0 Å². The monoisotopic (exact) mass is 249 g/mol. The van der Waals surface area contributed by atoms with Gasteiger partial charge < -0.3 is 20.8 Å². The molecule has 7 heteroatoms. The van der Waals surface area contributed by atoms with E-state index in [0.29, 0.717) is 24.7 Å². The lowest BCUT2D eigenvalue weighted by Gasteiger charge is -2.08. The van der Waals surface area contributed by atoms with Gasteiger partial charge in [-0.25, -0.2) is 15.0 Å². The van der Waals surface area contributed by atoms with Gasteiger partial charge in [0.05, 0.1) is 24.9 Å². The lowest BCUT2D eigenvalue weighted by Crippen LogP contribution is -2.09. The van der Waals surface area contributed by atoms with Gasteiger partial charge in [0.1, 0.15) is 18.0 Å². The number of anilines is 2.